The van der Waals surface area contributed by atoms with Crippen molar-refractivity contribution >= 4 is 68.4 Å². The molecule has 0 unspecified atom stereocenters. The van der Waals surface area contributed by atoms with Gasteiger partial charge in [-0.3, -0.25) is 0 Å². The molecule has 0 atom stereocenters. The summed E-state index contributed by atoms with van der Waals surface area (Å²) in [7, 11) is 0. The van der Waals surface area contributed by atoms with Crippen LogP contribution in [-0.4, -0.2) is 6.71 Å². The van der Waals surface area contributed by atoms with E-state index in [4.69, 9.17) is 4.42 Å². The van der Waals surface area contributed by atoms with E-state index in [1.54, 1.807) is 0 Å². The van der Waals surface area contributed by atoms with Gasteiger partial charge in [-0.2, -0.15) is 0 Å². The number of benzene rings is 6. The second-order valence-electron chi connectivity index (χ2n) is 29.8. The van der Waals surface area contributed by atoms with Crippen molar-refractivity contribution < 1.29 is 4.42 Å². The Bertz CT molecular complexity index is 3490. The predicted octanol–water partition coefficient (Wildman–Crippen LogP) is 17.8. The van der Waals surface area contributed by atoms with E-state index in [1.165, 1.54) is 112 Å². The third-order valence-corrected chi connectivity index (χ3v) is 19.8. The molecule has 74 heavy (non-hydrogen) atoms. The van der Waals surface area contributed by atoms with Gasteiger partial charge in [0.15, 0.2) is 0 Å². The minimum absolute atomic E-state index is 0.00974. The molecule has 4 heteroatoms. The summed E-state index contributed by atoms with van der Waals surface area (Å²) >= 11 is 0. The van der Waals surface area contributed by atoms with Crippen LogP contribution in [0.5, 0.6) is 0 Å². The van der Waals surface area contributed by atoms with E-state index in [9.17, 15) is 0 Å². The highest BCUT2D eigenvalue weighted by Gasteiger charge is 2.50. The van der Waals surface area contributed by atoms with E-state index in [1.807, 2.05) is 0 Å². The van der Waals surface area contributed by atoms with Gasteiger partial charge in [-0.1, -0.05) is 173 Å². The molecule has 1 aromatic heterocycles. The monoisotopic (exact) mass is 979 g/mol. The molecule has 3 heterocycles. The summed E-state index contributed by atoms with van der Waals surface area (Å²) in [5, 5.41) is 1.22. The number of anilines is 6. The van der Waals surface area contributed by atoms with Crippen molar-refractivity contribution in [1.82, 2.24) is 0 Å². The fraction of sp³-hybridized carbons (Fsp3) is 0.457. The molecule has 0 spiro atoms. The Morgan fingerprint density at radius 2 is 0.932 bits per heavy atom. The fourth-order valence-corrected chi connectivity index (χ4v) is 14.3. The molecule has 0 saturated heterocycles. The summed E-state index contributed by atoms with van der Waals surface area (Å²) in [5.74, 6) is 0. The van der Waals surface area contributed by atoms with Crippen LogP contribution in [0, 0.1) is 0 Å². The van der Waals surface area contributed by atoms with Crippen LogP contribution in [-0.2, 0) is 43.3 Å². The molecule has 12 rings (SSSR count). The molecule has 0 radical (unpaired) electrons. The number of furan rings is 1. The van der Waals surface area contributed by atoms with Gasteiger partial charge in [0.25, 0.3) is 6.71 Å². The predicted molar refractivity (Wildman–Crippen MR) is 319 cm³/mol. The molecule has 6 aromatic carbocycles. The van der Waals surface area contributed by atoms with Crippen LogP contribution in [0.3, 0.4) is 0 Å². The molecule has 0 fully saturated rings. The lowest BCUT2D eigenvalue weighted by molar-refractivity contribution is 0.332. The summed E-state index contributed by atoms with van der Waals surface area (Å²) in [6, 6.07) is 41.7. The van der Waals surface area contributed by atoms with E-state index in [0.717, 1.165) is 43.3 Å². The van der Waals surface area contributed by atoms with Crippen LogP contribution >= 0.6 is 0 Å². The molecule has 5 aliphatic rings. The lowest BCUT2D eigenvalue weighted by Crippen LogP contribution is -2.61. The fourth-order valence-electron chi connectivity index (χ4n) is 14.3. The Balaban J connectivity index is 1.25. The van der Waals surface area contributed by atoms with Gasteiger partial charge in [-0.25, -0.2) is 0 Å². The Morgan fingerprint density at radius 3 is 1.50 bits per heavy atom. The van der Waals surface area contributed by atoms with Gasteiger partial charge >= 0.3 is 0 Å². The van der Waals surface area contributed by atoms with Crippen LogP contribution in [0.2, 0.25) is 0 Å². The van der Waals surface area contributed by atoms with Crippen LogP contribution < -0.4 is 26.4 Å². The van der Waals surface area contributed by atoms with Crippen molar-refractivity contribution in [3.05, 3.63) is 148 Å². The van der Waals surface area contributed by atoms with Crippen molar-refractivity contribution in [3.63, 3.8) is 0 Å². The van der Waals surface area contributed by atoms with E-state index in [0.29, 0.717) is 0 Å². The van der Waals surface area contributed by atoms with Gasteiger partial charge in [0, 0.05) is 33.7 Å². The van der Waals surface area contributed by atoms with Crippen molar-refractivity contribution in [2.24, 2.45) is 0 Å². The molecule has 2 aliphatic heterocycles. The van der Waals surface area contributed by atoms with Gasteiger partial charge < -0.3 is 14.2 Å². The van der Waals surface area contributed by atoms with Gasteiger partial charge in [0.1, 0.15) is 5.58 Å². The quantitative estimate of drug-likeness (QED) is 0.165. The average Bonchev–Trinajstić information content (AvgIpc) is 3.70. The first-order valence-electron chi connectivity index (χ1n) is 28.3. The molecule has 0 bridgehead atoms. The minimum Gasteiger partial charge on any atom is -0.468 e. The maximum Gasteiger partial charge on any atom is 0.297 e. The molecule has 3 aliphatic carbocycles. The SMILES string of the molecule is CC(C)(C)c1ccc2c(c1)B1c3oc4cc5c(cc4c3N(c3ccc4c(c3)C(C)(C)CCC4(C)C)c3cc(C(C)(C)C)cc(c31)N2c1cc2c(cc1-c1ccccc1)C(C)(C)CCC2(C)C)C(C)(C)CCC5(C)C. The van der Waals surface area contributed by atoms with Gasteiger partial charge in [-0.05, 0) is 197 Å². The second kappa shape index (κ2) is 15.6. The maximum absolute atomic E-state index is 7.78. The number of hydrogen-bond acceptors (Lipinski definition) is 3. The number of hydrogen-bond donors (Lipinski definition) is 0. The third-order valence-electron chi connectivity index (χ3n) is 19.8. The Labute approximate surface area is 445 Å². The van der Waals surface area contributed by atoms with Crippen molar-refractivity contribution in [2.75, 3.05) is 9.80 Å². The Morgan fingerprint density at radius 1 is 0.432 bits per heavy atom. The standard InChI is InChI=1S/C70H83BN2O/c1-63(2,3)43-24-27-55-54(34-43)71-60-57(35-44(64(4,5)6)36-58(60)73(55)56-40-52-50(67(11,12)30-32-69(52,15)16)38-46(56)42-22-20-19-21-23-42)72(45-25-26-48-49(37-45)66(9,10)29-28-65(48,7)8)61-47-39-51-53(41-59(47)74-62(61)71)70(17,18)33-31-68(51,13)14/h19-27,34-41H,28-33H2,1-18H3. The number of nitrogens with zero attached hydrogens (tertiary/aromatic N) is 2. The summed E-state index contributed by atoms with van der Waals surface area (Å²) in [5.41, 5.74) is 26.1. The molecule has 0 N–H and O–H groups in total. The summed E-state index contributed by atoms with van der Waals surface area (Å²) in [6.07, 6.45) is 6.96. The molecule has 382 valence electrons. The van der Waals surface area contributed by atoms with Crippen molar-refractivity contribution in [1.29, 1.82) is 0 Å². The van der Waals surface area contributed by atoms with Crippen LogP contribution in [0.15, 0.2) is 108 Å². The third kappa shape index (κ3) is 7.32. The smallest absolute Gasteiger partial charge is 0.297 e. The Kier molecular flexibility index (Phi) is 10.4. The number of fused-ring (bicyclic) bond motifs is 9. The van der Waals surface area contributed by atoms with Gasteiger partial charge in [0.05, 0.1) is 17.0 Å². The van der Waals surface area contributed by atoms with Crippen molar-refractivity contribution in [3.8, 4) is 11.1 Å². The van der Waals surface area contributed by atoms with Crippen LogP contribution in [0.1, 0.15) is 208 Å². The first-order valence-corrected chi connectivity index (χ1v) is 28.3. The highest BCUT2D eigenvalue weighted by molar-refractivity contribution is 7.00. The van der Waals surface area contributed by atoms with Crippen molar-refractivity contribution in [2.45, 2.75) is 206 Å². The molecule has 7 aromatic rings. The van der Waals surface area contributed by atoms with Crippen LogP contribution in [0.4, 0.5) is 34.1 Å². The van der Waals surface area contributed by atoms with E-state index in [2.05, 4.69) is 238 Å². The zero-order valence-electron chi connectivity index (χ0n) is 48.4. The summed E-state index contributed by atoms with van der Waals surface area (Å²) < 4.78 is 7.78. The zero-order chi connectivity index (χ0) is 52.8. The van der Waals surface area contributed by atoms with E-state index in [-0.39, 0.29) is 50.0 Å². The van der Waals surface area contributed by atoms with Crippen LogP contribution in [0.25, 0.3) is 22.1 Å². The van der Waals surface area contributed by atoms with Gasteiger partial charge in [0.2, 0.25) is 0 Å². The topological polar surface area (TPSA) is 19.6 Å². The summed E-state index contributed by atoms with van der Waals surface area (Å²) in [6.45, 7) is 43.7. The molecule has 3 nitrogen and oxygen atoms in total. The average molecular weight is 979 g/mol. The minimum atomic E-state index is -0.159. The summed E-state index contributed by atoms with van der Waals surface area (Å²) in [4.78, 5) is 5.39. The first kappa shape index (κ1) is 49.4. The second-order valence-corrected chi connectivity index (χ2v) is 29.8. The first-order chi connectivity index (χ1) is 34.4. The molecular weight excluding hydrogens is 896 g/mol. The maximum atomic E-state index is 7.78. The normalized spacial score (nSPS) is 20.3. The number of rotatable bonds is 3. The highest BCUT2D eigenvalue weighted by Crippen LogP contribution is 2.56. The molecule has 0 amide bonds. The van der Waals surface area contributed by atoms with E-state index >= 15 is 0 Å². The Hall–Kier alpha value is -5.48. The largest absolute Gasteiger partial charge is 0.468 e. The van der Waals surface area contributed by atoms with Gasteiger partial charge in [-0.15, -0.1) is 0 Å². The highest BCUT2D eigenvalue weighted by atomic mass is 16.3. The zero-order valence-corrected chi connectivity index (χ0v) is 48.4. The lowest BCUT2D eigenvalue weighted by Gasteiger charge is -2.46. The molecular formula is C70H83BN2O. The van der Waals surface area contributed by atoms with E-state index < -0.39 is 0 Å². The lowest BCUT2D eigenvalue weighted by atomic mass is 9.35. The molecule has 0 saturated carbocycles.